The molecule has 2 fully saturated rings. The Balaban J connectivity index is 1.45. The monoisotopic (exact) mass is 292 g/mol. The predicted molar refractivity (Wildman–Crippen MR) is 82.1 cm³/mol. The number of hydrogen-bond donors (Lipinski definition) is 0. The summed E-state index contributed by atoms with van der Waals surface area (Å²) >= 11 is 0. The van der Waals surface area contributed by atoms with Crippen LogP contribution in [0.1, 0.15) is 57.2 Å². The summed E-state index contributed by atoms with van der Waals surface area (Å²) in [5.74, 6) is 3.08. The quantitative estimate of drug-likeness (QED) is 0.806. The molecule has 1 saturated carbocycles. The van der Waals surface area contributed by atoms with Crippen LogP contribution in [0.15, 0.2) is 4.52 Å². The Labute approximate surface area is 127 Å². The molecular weight excluding hydrogens is 264 g/mol. The maximum Gasteiger partial charge on any atom is 0.229 e. The van der Waals surface area contributed by atoms with Gasteiger partial charge in [-0.05, 0) is 51.2 Å². The van der Waals surface area contributed by atoms with E-state index in [4.69, 9.17) is 4.52 Å². The molecule has 5 nitrogen and oxygen atoms in total. The lowest BCUT2D eigenvalue weighted by Crippen LogP contribution is -2.31. The molecule has 0 radical (unpaired) electrons. The smallest absolute Gasteiger partial charge is 0.229 e. The van der Waals surface area contributed by atoms with Gasteiger partial charge in [0.1, 0.15) is 0 Å². The fourth-order valence-corrected chi connectivity index (χ4v) is 2.87. The molecule has 0 unspecified atom stereocenters. The van der Waals surface area contributed by atoms with Crippen molar-refractivity contribution < 1.29 is 4.52 Å². The largest absolute Gasteiger partial charge is 0.339 e. The van der Waals surface area contributed by atoms with Crippen LogP contribution in [0.5, 0.6) is 0 Å². The van der Waals surface area contributed by atoms with E-state index in [9.17, 15) is 0 Å². The van der Waals surface area contributed by atoms with Crippen molar-refractivity contribution in [3.8, 4) is 0 Å². The first-order valence-electron chi connectivity index (χ1n) is 8.48. The van der Waals surface area contributed by atoms with Crippen molar-refractivity contribution in [2.75, 3.05) is 32.7 Å². The van der Waals surface area contributed by atoms with Gasteiger partial charge in [0.05, 0.1) is 6.54 Å². The average molecular weight is 292 g/mol. The average Bonchev–Trinajstić information content (AvgIpc) is 3.23. The van der Waals surface area contributed by atoms with Crippen LogP contribution in [-0.4, -0.2) is 52.7 Å². The lowest BCUT2D eigenvalue weighted by molar-refractivity contribution is 0.238. The number of rotatable bonds is 6. The van der Waals surface area contributed by atoms with Crippen LogP contribution >= 0.6 is 0 Å². The summed E-state index contributed by atoms with van der Waals surface area (Å²) in [6.07, 6.45) is 4.98. The van der Waals surface area contributed by atoms with Gasteiger partial charge in [0.2, 0.25) is 5.89 Å². The molecule has 2 aliphatic rings. The molecule has 1 aromatic heterocycles. The Hall–Kier alpha value is -0.940. The highest BCUT2D eigenvalue weighted by Gasteiger charge is 2.29. The normalized spacial score (nSPS) is 21.9. The van der Waals surface area contributed by atoms with Crippen molar-refractivity contribution in [1.82, 2.24) is 19.9 Å². The maximum atomic E-state index is 5.35. The van der Waals surface area contributed by atoms with E-state index < -0.39 is 0 Å². The van der Waals surface area contributed by atoms with Crippen molar-refractivity contribution >= 4 is 0 Å². The van der Waals surface area contributed by atoms with Crippen molar-refractivity contribution in [2.24, 2.45) is 5.92 Å². The minimum atomic E-state index is 0.557. The Morgan fingerprint density at radius 3 is 2.67 bits per heavy atom. The molecule has 118 valence electrons. The molecule has 0 bridgehead atoms. The molecule has 0 N–H and O–H groups in total. The summed E-state index contributed by atoms with van der Waals surface area (Å²) in [4.78, 5) is 9.61. The van der Waals surface area contributed by atoms with Crippen molar-refractivity contribution in [3.63, 3.8) is 0 Å². The predicted octanol–water partition coefficient (Wildman–Crippen LogP) is 2.50. The lowest BCUT2D eigenvalue weighted by Gasteiger charge is -2.21. The van der Waals surface area contributed by atoms with Crippen LogP contribution in [0.4, 0.5) is 0 Å². The second kappa shape index (κ2) is 6.88. The van der Waals surface area contributed by atoms with E-state index >= 15 is 0 Å². The van der Waals surface area contributed by atoms with Crippen LogP contribution in [0.25, 0.3) is 0 Å². The molecule has 21 heavy (non-hydrogen) atoms. The molecule has 3 rings (SSSR count). The summed E-state index contributed by atoms with van der Waals surface area (Å²) in [5.41, 5.74) is 0. The molecule has 0 atom stereocenters. The molecule has 0 amide bonds. The highest BCUT2D eigenvalue weighted by Crippen LogP contribution is 2.38. The SMILES string of the molecule is CC(C)CCN1CCCN(Cc2noc(C3CC3)n2)CC1. The van der Waals surface area contributed by atoms with E-state index in [1.165, 1.54) is 45.3 Å². The van der Waals surface area contributed by atoms with Gasteiger partial charge in [0.15, 0.2) is 5.82 Å². The van der Waals surface area contributed by atoms with E-state index in [1.54, 1.807) is 0 Å². The minimum Gasteiger partial charge on any atom is -0.339 e. The highest BCUT2D eigenvalue weighted by atomic mass is 16.5. The molecule has 5 heteroatoms. The van der Waals surface area contributed by atoms with Gasteiger partial charge in [-0.15, -0.1) is 0 Å². The zero-order valence-electron chi connectivity index (χ0n) is 13.4. The molecule has 1 saturated heterocycles. The minimum absolute atomic E-state index is 0.557. The van der Waals surface area contributed by atoms with Gasteiger partial charge in [-0.2, -0.15) is 4.98 Å². The van der Waals surface area contributed by atoms with E-state index in [0.717, 1.165) is 37.3 Å². The second-order valence-corrected chi connectivity index (χ2v) is 6.98. The van der Waals surface area contributed by atoms with Crippen molar-refractivity contribution in [2.45, 2.75) is 52.0 Å². The third-order valence-electron chi connectivity index (χ3n) is 4.48. The molecule has 1 aliphatic heterocycles. The molecule has 1 aliphatic carbocycles. The Kier molecular flexibility index (Phi) is 4.91. The molecule has 0 spiro atoms. The summed E-state index contributed by atoms with van der Waals surface area (Å²) in [6.45, 7) is 11.3. The first kappa shape index (κ1) is 15.0. The van der Waals surface area contributed by atoms with Crippen LogP contribution in [0.3, 0.4) is 0 Å². The van der Waals surface area contributed by atoms with Crippen molar-refractivity contribution in [3.05, 3.63) is 11.7 Å². The number of hydrogen-bond acceptors (Lipinski definition) is 5. The van der Waals surface area contributed by atoms with Gasteiger partial charge in [0, 0.05) is 19.0 Å². The molecular formula is C16H28N4O. The van der Waals surface area contributed by atoms with E-state index in [-0.39, 0.29) is 0 Å². The first-order valence-corrected chi connectivity index (χ1v) is 8.48. The Bertz CT molecular complexity index is 441. The summed E-state index contributed by atoms with van der Waals surface area (Å²) in [7, 11) is 0. The van der Waals surface area contributed by atoms with Crippen LogP contribution < -0.4 is 0 Å². The second-order valence-electron chi connectivity index (χ2n) is 6.98. The zero-order valence-corrected chi connectivity index (χ0v) is 13.4. The maximum absolute atomic E-state index is 5.35. The molecule has 1 aromatic rings. The summed E-state index contributed by atoms with van der Waals surface area (Å²) in [5, 5.41) is 4.14. The van der Waals surface area contributed by atoms with E-state index in [2.05, 4.69) is 33.8 Å². The molecule has 2 heterocycles. The van der Waals surface area contributed by atoms with Crippen LogP contribution in [-0.2, 0) is 6.54 Å². The van der Waals surface area contributed by atoms with Gasteiger partial charge in [0.25, 0.3) is 0 Å². The third kappa shape index (κ3) is 4.51. The zero-order chi connectivity index (χ0) is 14.7. The van der Waals surface area contributed by atoms with Gasteiger partial charge in [-0.3, -0.25) is 4.90 Å². The number of nitrogens with zero attached hydrogens (tertiary/aromatic N) is 4. The fraction of sp³-hybridized carbons (Fsp3) is 0.875. The third-order valence-corrected chi connectivity index (χ3v) is 4.48. The highest BCUT2D eigenvalue weighted by molar-refractivity contribution is 5.01. The summed E-state index contributed by atoms with van der Waals surface area (Å²) < 4.78 is 5.35. The standard InChI is InChI=1S/C16H28N4O/c1-13(2)6-9-19-7-3-8-20(11-10-19)12-15-17-16(21-18-15)14-4-5-14/h13-14H,3-12H2,1-2H3. The topological polar surface area (TPSA) is 45.4 Å². The number of aromatic nitrogens is 2. The van der Waals surface area contributed by atoms with Gasteiger partial charge in [-0.1, -0.05) is 19.0 Å². The van der Waals surface area contributed by atoms with E-state index in [0.29, 0.717) is 5.92 Å². The van der Waals surface area contributed by atoms with Crippen molar-refractivity contribution in [1.29, 1.82) is 0 Å². The van der Waals surface area contributed by atoms with Crippen LogP contribution in [0.2, 0.25) is 0 Å². The first-order chi connectivity index (χ1) is 10.2. The Morgan fingerprint density at radius 1 is 1.14 bits per heavy atom. The molecule has 0 aromatic carbocycles. The van der Waals surface area contributed by atoms with Gasteiger partial charge in [-0.25, -0.2) is 0 Å². The lowest BCUT2D eigenvalue weighted by atomic mass is 10.1. The van der Waals surface area contributed by atoms with Gasteiger partial charge < -0.3 is 9.42 Å². The van der Waals surface area contributed by atoms with E-state index in [1.807, 2.05) is 0 Å². The van der Waals surface area contributed by atoms with Gasteiger partial charge >= 0.3 is 0 Å². The fourth-order valence-electron chi connectivity index (χ4n) is 2.87. The Morgan fingerprint density at radius 2 is 1.90 bits per heavy atom. The van der Waals surface area contributed by atoms with Crippen LogP contribution in [0, 0.1) is 5.92 Å². The summed E-state index contributed by atoms with van der Waals surface area (Å²) in [6, 6.07) is 0.